The van der Waals surface area contributed by atoms with Gasteiger partial charge in [-0.3, -0.25) is 42.9 Å². The Morgan fingerprint density at radius 2 is 1.61 bits per heavy atom. The van der Waals surface area contributed by atoms with E-state index < -0.39 is 66.7 Å². The number of fused-ring (bicyclic) bond motifs is 1. The van der Waals surface area contributed by atoms with Gasteiger partial charge in [-0.15, -0.1) is 0 Å². The van der Waals surface area contributed by atoms with Crippen molar-refractivity contribution < 1.29 is 51.1 Å². The van der Waals surface area contributed by atoms with Gasteiger partial charge < -0.3 is 18.9 Å². The van der Waals surface area contributed by atoms with Gasteiger partial charge in [0.2, 0.25) is 5.62 Å². The zero-order valence-electron chi connectivity index (χ0n) is 26.0. The number of hydrogen-bond acceptors (Lipinski definition) is 14. The minimum Gasteiger partial charge on any atom is -0.333 e. The highest BCUT2D eigenvalue weighted by atomic mass is 32.2. The third kappa shape index (κ3) is 8.90. The number of hydrogen-bond donors (Lipinski definition) is 2. The van der Waals surface area contributed by atoms with Crippen LogP contribution in [-0.4, -0.2) is 82.3 Å². The lowest BCUT2D eigenvalue weighted by atomic mass is 9.95. The van der Waals surface area contributed by atoms with E-state index in [1.165, 1.54) is 20.2 Å². The molecule has 2 saturated heterocycles. The van der Waals surface area contributed by atoms with Gasteiger partial charge in [-0.1, -0.05) is 65.1 Å². The second-order valence-corrected chi connectivity index (χ2v) is 16.1. The molecule has 0 saturated carbocycles. The third-order valence-corrected chi connectivity index (χ3v) is 10.3. The van der Waals surface area contributed by atoms with Crippen molar-refractivity contribution in [2.24, 2.45) is 10.8 Å². The Balaban J connectivity index is 1.78. The summed E-state index contributed by atoms with van der Waals surface area (Å²) in [6.07, 6.45) is -1.64. The molecule has 18 heteroatoms. The average Bonchev–Trinajstić information content (AvgIpc) is 3.38. The fourth-order valence-corrected chi connectivity index (χ4v) is 7.10. The SMILES string of the molecule is COC1O[C@H]2[C@@](C)(O1)[C@H](n1ccc(=O)[nH]c1=N)O[C@]2(F)COP(=O)(OCCSC(=O)C(C)(C)C)OCCSC(=O)C(C)(C)C. The molecule has 5 atom stereocenters. The maximum atomic E-state index is 16.7. The first-order valence-electron chi connectivity index (χ1n) is 13.7. The van der Waals surface area contributed by atoms with Crippen molar-refractivity contribution in [2.75, 3.05) is 38.4 Å². The number of phosphoric ester groups is 1. The molecular weight excluding hydrogens is 644 g/mol. The summed E-state index contributed by atoms with van der Waals surface area (Å²) in [6, 6.07) is 1.12. The topological polar surface area (TPSA) is 177 Å². The largest absolute Gasteiger partial charge is 0.475 e. The smallest absolute Gasteiger partial charge is 0.333 e. The summed E-state index contributed by atoms with van der Waals surface area (Å²) in [5.41, 5.74) is -3.77. The quantitative estimate of drug-likeness (QED) is 0.227. The van der Waals surface area contributed by atoms with E-state index in [-0.39, 0.29) is 35.0 Å². The lowest BCUT2D eigenvalue weighted by Gasteiger charge is -2.28. The van der Waals surface area contributed by atoms with Crippen LogP contribution in [0.1, 0.15) is 54.7 Å². The summed E-state index contributed by atoms with van der Waals surface area (Å²) < 4.78 is 70.1. The second kappa shape index (κ2) is 14.2. The van der Waals surface area contributed by atoms with E-state index in [9.17, 15) is 18.9 Å². The summed E-state index contributed by atoms with van der Waals surface area (Å²) in [7, 11) is -3.21. The monoisotopic (exact) mass is 685 g/mol. The summed E-state index contributed by atoms with van der Waals surface area (Å²) in [5, 5.41) is 7.96. The molecule has 0 aliphatic carbocycles. The van der Waals surface area contributed by atoms with Crippen molar-refractivity contribution in [2.45, 2.75) is 78.7 Å². The summed E-state index contributed by atoms with van der Waals surface area (Å²) in [4.78, 5) is 38.5. The molecule has 44 heavy (non-hydrogen) atoms. The number of carbonyl (C=O) groups excluding carboxylic acids is 2. The number of rotatable bonds is 13. The van der Waals surface area contributed by atoms with Gasteiger partial charge in [0.15, 0.2) is 22.6 Å². The summed E-state index contributed by atoms with van der Waals surface area (Å²) in [6.45, 7) is 9.24. The maximum absolute atomic E-state index is 16.7. The number of thioether (sulfide) groups is 2. The molecular formula is C26H41FN3O11PS2. The van der Waals surface area contributed by atoms with Crippen LogP contribution in [0, 0.1) is 16.2 Å². The Labute approximate surface area is 263 Å². The van der Waals surface area contributed by atoms with Gasteiger partial charge in [0.1, 0.15) is 12.2 Å². The Morgan fingerprint density at radius 1 is 1.07 bits per heavy atom. The highest BCUT2D eigenvalue weighted by Crippen LogP contribution is 2.56. The van der Waals surface area contributed by atoms with Crippen LogP contribution in [0.15, 0.2) is 17.1 Å². The number of aromatic amines is 1. The van der Waals surface area contributed by atoms with Gasteiger partial charge >= 0.3 is 7.82 Å². The van der Waals surface area contributed by atoms with Gasteiger partial charge in [0, 0.05) is 41.7 Å². The van der Waals surface area contributed by atoms with Crippen LogP contribution in [0.25, 0.3) is 0 Å². The first kappa shape index (κ1) is 37.1. The Morgan fingerprint density at radius 3 is 2.09 bits per heavy atom. The predicted octanol–water partition coefficient (Wildman–Crippen LogP) is 3.72. The summed E-state index contributed by atoms with van der Waals surface area (Å²) in [5.74, 6) is -2.60. The molecule has 3 heterocycles. The number of methoxy groups -OCH3 is 1. The molecule has 0 spiro atoms. The highest BCUT2D eigenvalue weighted by molar-refractivity contribution is 8.14. The predicted molar refractivity (Wildman–Crippen MR) is 159 cm³/mol. The number of nitrogens with one attached hydrogen (secondary N) is 2. The van der Waals surface area contributed by atoms with Gasteiger partial charge in [-0.25, -0.2) is 8.96 Å². The Kier molecular flexibility index (Phi) is 11.9. The van der Waals surface area contributed by atoms with E-state index in [1.807, 2.05) is 0 Å². The van der Waals surface area contributed by atoms with Crippen molar-refractivity contribution in [3.05, 3.63) is 28.2 Å². The number of alkyl halides is 1. The van der Waals surface area contributed by atoms with Crippen LogP contribution in [-0.2, 0) is 46.7 Å². The highest BCUT2D eigenvalue weighted by Gasteiger charge is 2.70. The van der Waals surface area contributed by atoms with Crippen LogP contribution in [0.5, 0.6) is 0 Å². The zero-order valence-corrected chi connectivity index (χ0v) is 28.5. The lowest BCUT2D eigenvalue weighted by Crippen LogP contribution is -2.48. The van der Waals surface area contributed by atoms with Crippen LogP contribution in [0.4, 0.5) is 4.39 Å². The number of carbonyl (C=O) groups is 2. The summed E-state index contributed by atoms with van der Waals surface area (Å²) >= 11 is 1.95. The molecule has 0 bridgehead atoms. The fraction of sp³-hybridized carbons (Fsp3) is 0.769. The van der Waals surface area contributed by atoms with Crippen LogP contribution < -0.4 is 11.2 Å². The number of H-pyrrole nitrogens is 1. The number of nitrogens with zero attached hydrogens (tertiary/aromatic N) is 1. The normalized spacial score (nSPS) is 27.4. The fourth-order valence-electron chi connectivity index (χ4n) is 4.09. The van der Waals surface area contributed by atoms with Crippen molar-refractivity contribution >= 4 is 41.6 Å². The standard InChI is InChI=1S/C26H41FN3O11PS2/c1-23(2,3)19(32)43-13-11-36-42(34,37-12-14-44-20(33)24(4,5)6)38-15-26(27)17-25(7,41-22(35-8)39-17)18(40-26)30-10-9-16(31)29-21(30)28/h9-10,17-18,22H,11-15H2,1-8H3,(H2,28,29,31)/t17-,18+,22?,25+,26+/m0/s1. The van der Waals surface area contributed by atoms with Crippen molar-refractivity contribution in [1.29, 1.82) is 5.41 Å². The number of phosphoric acid groups is 1. The maximum Gasteiger partial charge on any atom is 0.475 e. The molecule has 1 aromatic rings. The first-order chi connectivity index (χ1) is 20.2. The molecule has 0 radical (unpaired) electrons. The van der Waals surface area contributed by atoms with Crippen molar-refractivity contribution in [1.82, 2.24) is 9.55 Å². The molecule has 2 N–H and O–H groups in total. The lowest BCUT2D eigenvalue weighted by molar-refractivity contribution is -0.300. The van der Waals surface area contributed by atoms with Gasteiger partial charge in [0.25, 0.3) is 17.9 Å². The van der Waals surface area contributed by atoms with Crippen LogP contribution in [0.3, 0.4) is 0 Å². The van der Waals surface area contributed by atoms with Crippen molar-refractivity contribution in [3.63, 3.8) is 0 Å². The third-order valence-electron chi connectivity index (χ3n) is 6.41. The second-order valence-electron chi connectivity index (χ2n) is 12.3. The van der Waals surface area contributed by atoms with Gasteiger partial charge in [-0.05, 0) is 6.92 Å². The van der Waals surface area contributed by atoms with E-state index in [4.69, 9.17) is 37.9 Å². The minimum atomic E-state index is -4.49. The van der Waals surface area contributed by atoms with E-state index in [0.717, 1.165) is 34.2 Å². The molecule has 0 amide bonds. The molecule has 250 valence electrons. The Hall–Kier alpha value is -1.40. The molecule has 3 rings (SSSR count). The molecule has 0 aromatic carbocycles. The van der Waals surface area contributed by atoms with E-state index in [2.05, 4.69) is 4.98 Å². The number of ether oxygens (including phenoxy) is 4. The first-order valence-corrected chi connectivity index (χ1v) is 17.1. The van der Waals surface area contributed by atoms with E-state index >= 15 is 4.39 Å². The molecule has 1 unspecified atom stereocenters. The minimum absolute atomic E-state index is 0.109. The van der Waals surface area contributed by atoms with E-state index in [1.54, 1.807) is 41.5 Å². The molecule has 2 aliphatic heterocycles. The average molecular weight is 686 g/mol. The number of halogens is 1. The van der Waals surface area contributed by atoms with Crippen LogP contribution >= 0.6 is 31.3 Å². The zero-order chi connectivity index (χ0) is 33.1. The van der Waals surface area contributed by atoms with Crippen LogP contribution in [0.2, 0.25) is 0 Å². The number of aromatic nitrogens is 2. The molecule has 14 nitrogen and oxygen atoms in total. The Bertz CT molecular complexity index is 1330. The van der Waals surface area contributed by atoms with E-state index in [0.29, 0.717) is 0 Å². The molecule has 2 aliphatic rings. The molecule has 2 fully saturated rings. The van der Waals surface area contributed by atoms with Gasteiger partial charge in [0.05, 0.1) is 13.2 Å². The van der Waals surface area contributed by atoms with Gasteiger partial charge in [-0.2, -0.15) is 0 Å². The molecule has 1 aromatic heterocycles. The van der Waals surface area contributed by atoms with Crippen molar-refractivity contribution in [3.8, 4) is 0 Å².